The summed E-state index contributed by atoms with van der Waals surface area (Å²) >= 11 is 0. The Bertz CT molecular complexity index is 454. The molecule has 1 rings (SSSR count). The average Bonchev–Trinajstić information content (AvgIpc) is 2.35. The maximum atomic E-state index is 13.1. The quantitative estimate of drug-likeness (QED) is 0.766. The van der Waals surface area contributed by atoms with Crippen LogP contribution in [-0.4, -0.2) is 31.5 Å². The maximum Gasteiger partial charge on any atom is 0.277 e. The van der Waals surface area contributed by atoms with E-state index >= 15 is 0 Å². The molecule has 0 radical (unpaired) electrons. The molecule has 0 aliphatic carbocycles. The second-order valence-corrected chi connectivity index (χ2v) is 3.70. The second-order valence-electron chi connectivity index (χ2n) is 3.70. The van der Waals surface area contributed by atoms with Crippen LogP contribution in [0.4, 0.5) is 17.6 Å². The van der Waals surface area contributed by atoms with Crippen molar-refractivity contribution in [1.29, 1.82) is 0 Å². The molecule has 0 spiro atoms. The van der Waals surface area contributed by atoms with Crippen molar-refractivity contribution < 1.29 is 27.1 Å². The molecule has 0 heterocycles. The first-order valence-corrected chi connectivity index (χ1v) is 5.26. The van der Waals surface area contributed by atoms with E-state index in [-0.39, 0.29) is 5.75 Å². The third-order valence-electron chi connectivity index (χ3n) is 2.10. The van der Waals surface area contributed by atoms with Gasteiger partial charge in [-0.25, -0.2) is 17.6 Å². The number of ether oxygens (including phenoxy) is 1. The number of carbonyl (C=O) groups is 1. The maximum absolute atomic E-state index is 13.1. The van der Waals surface area contributed by atoms with Crippen LogP contribution in [0.2, 0.25) is 0 Å². The number of nitrogens with one attached hydrogen (secondary N) is 1. The van der Waals surface area contributed by atoms with Gasteiger partial charge in [0, 0.05) is 6.07 Å². The zero-order valence-corrected chi connectivity index (χ0v) is 9.76. The first-order chi connectivity index (χ1) is 8.84. The van der Waals surface area contributed by atoms with Crippen molar-refractivity contribution in [2.45, 2.75) is 5.92 Å². The summed E-state index contributed by atoms with van der Waals surface area (Å²) in [7, 11) is 0. The standard InChI is InChI=1S/C11H12F4N2O2/c12-7-1-2-9(8(13)3-7)19-4-10(18)17-6-11(14,15)5-16/h1-3H,4-6,16H2,(H,17,18). The van der Waals surface area contributed by atoms with E-state index in [0.29, 0.717) is 6.07 Å². The summed E-state index contributed by atoms with van der Waals surface area (Å²) in [6.07, 6.45) is 0. The van der Waals surface area contributed by atoms with Gasteiger partial charge < -0.3 is 15.8 Å². The minimum absolute atomic E-state index is 0.345. The lowest BCUT2D eigenvalue weighted by molar-refractivity contribution is -0.124. The van der Waals surface area contributed by atoms with Crippen LogP contribution in [0.25, 0.3) is 0 Å². The summed E-state index contributed by atoms with van der Waals surface area (Å²) in [5.41, 5.74) is 4.77. The molecule has 0 aliphatic heterocycles. The fourth-order valence-corrected chi connectivity index (χ4v) is 1.09. The number of benzene rings is 1. The Labute approximate surface area is 106 Å². The fourth-order valence-electron chi connectivity index (χ4n) is 1.09. The molecule has 4 nitrogen and oxygen atoms in total. The Kier molecular flexibility index (Phi) is 5.11. The van der Waals surface area contributed by atoms with Crippen molar-refractivity contribution >= 4 is 5.91 Å². The molecule has 1 amide bonds. The highest BCUT2D eigenvalue weighted by Crippen LogP contribution is 2.17. The Morgan fingerprint density at radius 1 is 1.37 bits per heavy atom. The van der Waals surface area contributed by atoms with Gasteiger partial charge in [-0.3, -0.25) is 4.79 Å². The van der Waals surface area contributed by atoms with Gasteiger partial charge in [0.1, 0.15) is 5.82 Å². The Hall–Kier alpha value is -1.83. The first-order valence-electron chi connectivity index (χ1n) is 5.26. The Balaban J connectivity index is 2.42. The second kappa shape index (κ2) is 6.37. The molecule has 0 unspecified atom stereocenters. The zero-order chi connectivity index (χ0) is 14.5. The third-order valence-corrected chi connectivity index (χ3v) is 2.10. The molecule has 0 fully saturated rings. The summed E-state index contributed by atoms with van der Waals surface area (Å²) in [6, 6.07) is 2.52. The van der Waals surface area contributed by atoms with E-state index in [1.54, 1.807) is 0 Å². The number of hydrogen-bond acceptors (Lipinski definition) is 3. The van der Waals surface area contributed by atoms with Gasteiger partial charge >= 0.3 is 0 Å². The largest absolute Gasteiger partial charge is 0.481 e. The summed E-state index contributed by atoms with van der Waals surface area (Å²) in [5.74, 6) is -6.20. The van der Waals surface area contributed by atoms with Gasteiger partial charge in [0.15, 0.2) is 18.2 Å². The summed E-state index contributed by atoms with van der Waals surface area (Å²) in [5, 5.41) is 1.88. The average molecular weight is 280 g/mol. The molecule has 0 aliphatic rings. The van der Waals surface area contributed by atoms with Gasteiger partial charge in [-0.2, -0.15) is 0 Å². The molecule has 0 saturated carbocycles. The number of amides is 1. The van der Waals surface area contributed by atoms with Crippen molar-refractivity contribution in [3.8, 4) is 5.75 Å². The molecule has 1 aromatic rings. The van der Waals surface area contributed by atoms with Crippen molar-refractivity contribution in [2.24, 2.45) is 5.73 Å². The third kappa shape index (κ3) is 5.12. The van der Waals surface area contributed by atoms with E-state index in [1.807, 2.05) is 5.32 Å². The highest BCUT2D eigenvalue weighted by molar-refractivity contribution is 5.77. The molecule has 0 bridgehead atoms. The molecule has 0 atom stereocenters. The predicted octanol–water partition coefficient (Wildman–Crippen LogP) is 1.05. The van der Waals surface area contributed by atoms with E-state index in [9.17, 15) is 22.4 Å². The SMILES string of the molecule is NCC(F)(F)CNC(=O)COc1ccc(F)cc1F. The van der Waals surface area contributed by atoms with Gasteiger partial charge in [-0.15, -0.1) is 0 Å². The van der Waals surface area contributed by atoms with Crippen LogP contribution in [0.5, 0.6) is 5.75 Å². The lowest BCUT2D eigenvalue weighted by Crippen LogP contribution is -2.43. The lowest BCUT2D eigenvalue weighted by Gasteiger charge is -2.14. The molecule has 0 aromatic heterocycles. The van der Waals surface area contributed by atoms with Crippen molar-refractivity contribution in [3.05, 3.63) is 29.8 Å². The lowest BCUT2D eigenvalue weighted by atomic mass is 10.3. The van der Waals surface area contributed by atoms with Crippen molar-refractivity contribution in [2.75, 3.05) is 19.7 Å². The summed E-state index contributed by atoms with van der Waals surface area (Å²) < 4.78 is 55.8. The number of halogens is 4. The topological polar surface area (TPSA) is 64.3 Å². The van der Waals surface area contributed by atoms with Crippen LogP contribution in [0.3, 0.4) is 0 Å². The van der Waals surface area contributed by atoms with Gasteiger partial charge in [0.2, 0.25) is 0 Å². The number of hydrogen-bond donors (Lipinski definition) is 2. The monoisotopic (exact) mass is 280 g/mol. The highest BCUT2D eigenvalue weighted by atomic mass is 19.3. The molecule has 106 valence electrons. The van der Waals surface area contributed by atoms with Crippen LogP contribution in [0, 0.1) is 11.6 Å². The molecule has 8 heteroatoms. The van der Waals surface area contributed by atoms with Gasteiger partial charge in [-0.05, 0) is 12.1 Å². The van der Waals surface area contributed by atoms with Gasteiger partial charge in [0.05, 0.1) is 13.1 Å². The van der Waals surface area contributed by atoms with Crippen molar-refractivity contribution in [1.82, 2.24) is 5.32 Å². The van der Waals surface area contributed by atoms with Crippen LogP contribution in [0.15, 0.2) is 18.2 Å². The van der Waals surface area contributed by atoms with E-state index in [2.05, 4.69) is 0 Å². The number of nitrogens with two attached hydrogens (primary N) is 1. The Morgan fingerprint density at radius 2 is 2.05 bits per heavy atom. The number of rotatable bonds is 6. The fraction of sp³-hybridized carbons (Fsp3) is 0.364. The molecule has 1 aromatic carbocycles. The number of carbonyl (C=O) groups excluding carboxylic acids is 1. The van der Waals surface area contributed by atoms with E-state index in [4.69, 9.17) is 10.5 Å². The summed E-state index contributed by atoms with van der Waals surface area (Å²) in [4.78, 5) is 11.2. The molecule has 19 heavy (non-hydrogen) atoms. The minimum Gasteiger partial charge on any atom is -0.481 e. The normalized spacial score (nSPS) is 11.2. The van der Waals surface area contributed by atoms with Crippen molar-refractivity contribution in [3.63, 3.8) is 0 Å². The van der Waals surface area contributed by atoms with Crippen LogP contribution >= 0.6 is 0 Å². The number of alkyl halides is 2. The van der Waals surface area contributed by atoms with E-state index in [0.717, 1.165) is 12.1 Å². The minimum atomic E-state index is -3.21. The summed E-state index contributed by atoms with van der Waals surface area (Å²) in [6.45, 7) is -2.50. The van der Waals surface area contributed by atoms with Crippen LogP contribution < -0.4 is 15.8 Å². The smallest absolute Gasteiger partial charge is 0.277 e. The van der Waals surface area contributed by atoms with Gasteiger partial charge in [0.25, 0.3) is 11.8 Å². The van der Waals surface area contributed by atoms with Gasteiger partial charge in [-0.1, -0.05) is 0 Å². The molecular weight excluding hydrogens is 268 g/mol. The molecule has 3 N–H and O–H groups in total. The molecule has 0 saturated heterocycles. The van der Waals surface area contributed by atoms with E-state index in [1.165, 1.54) is 0 Å². The zero-order valence-electron chi connectivity index (χ0n) is 9.76. The van der Waals surface area contributed by atoms with Crippen LogP contribution in [-0.2, 0) is 4.79 Å². The predicted molar refractivity (Wildman–Crippen MR) is 58.9 cm³/mol. The van der Waals surface area contributed by atoms with Crippen LogP contribution in [0.1, 0.15) is 0 Å². The van der Waals surface area contributed by atoms with E-state index < -0.39 is 43.2 Å². The first kappa shape index (κ1) is 15.2. The highest BCUT2D eigenvalue weighted by Gasteiger charge is 2.27. The Morgan fingerprint density at radius 3 is 2.63 bits per heavy atom. The molecular formula is C11H12F4N2O2.